The van der Waals surface area contributed by atoms with Crippen molar-refractivity contribution in [1.29, 1.82) is 0 Å². The lowest BCUT2D eigenvalue weighted by atomic mass is 10.0. The molecule has 144 valence electrons. The minimum atomic E-state index is -0.440. The number of carbonyl (C=O) groups is 1. The minimum Gasteiger partial charge on any atom is -0.497 e. The number of aromatic nitrogens is 1. The fourth-order valence-electron chi connectivity index (χ4n) is 3.28. The summed E-state index contributed by atoms with van der Waals surface area (Å²) in [7, 11) is 1.65. The number of pyridine rings is 1. The average Bonchev–Trinajstić information content (AvgIpc) is 2.77. The van der Waals surface area contributed by atoms with Crippen molar-refractivity contribution in [1.82, 2.24) is 4.98 Å². The minimum absolute atomic E-state index is 0.440. The van der Waals surface area contributed by atoms with Crippen molar-refractivity contribution >= 4 is 22.5 Å². The van der Waals surface area contributed by atoms with E-state index in [0.29, 0.717) is 12.1 Å². The highest BCUT2D eigenvalue weighted by Gasteiger charge is 2.09. The van der Waals surface area contributed by atoms with Crippen LogP contribution >= 0.6 is 0 Å². The number of hydrogen-bond donors (Lipinski definition) is 2. The lowest BCUT2D eigenvalue weighted by molar-refractivity contribution is 0.100. The zero-order chi connectivity index (χ0) is 20.2. The Balaban J connectivity index is 1.69. The number of nitrogens with two attached hydrogens (primary N) is 1. The quantitative estimate of drug-likeness (QED) is 0.509. The van der Waals surface area contributed by atoms with Crippen molar-refractivity contribution in [2.24, 2.45) is 5.73 Å². The van der Waals surface area contributed by atoms with Gasteiger partial charge in [-0.25, -0.2) is 4.98 Å². The molecule has 4 aromatic rings. The van der Waals surface area contributed by atoms with Crippen LogP contribution in [0.5, 0.6) is 5.75 Å². The molecule has 1 amide bonds. The molecule has 3 aromatic carbocycles. The molecule has 0 spiro atoms. The Morgan fingerprint density at radius 2 is 1.79 bits per heavy atom. The SMILES string of the molecule is COc1ccc(-c2cc(CNc3cccc(C(N)=O)c3)c3ccccc3n2)cc1. The maximum Gasteiger partial charge on any atom is 0.248 e. The van der Waals surface area contributed by atoms with Gasteiger partial charge in [0.05, 0.1) is 18.3 Å². The zero-order valence-electron chi connectivity index (χ0n) is 16.1. The molecule has 4 rings (SSSR count). The van der Waals surface area contributed by atoms with Crippen LogP contribution in [0.25, 0.3) is 22.2 Å². The summed E-state index contributed by atoms with van der Waals surface area (Å²) in [5, 5.41) is 4.48. The largest absolute Gasteiger partial charge is 0.497 e. The number of nitrogens with zero attached hydrogens (tertiary/aromatic N) is 1. The molecule has 0 saturated carbocycles. The van der Waals surface area contributed by atoms with Gasteiger partial charge >= 0.3 is 0 Å². The highest BCUT2D eigenvalue weighted by atomic mass is 16.5. The number of primary amides is 1. The second-order valence-electron chi connectivity index (χ2n) is 6.71. The molecule has 1 heterocycles. The van der Waals surface area contributed by atoms with Gasteiger partial charge in [-0.2, -0.15) is 0 Å². The summed E-state index contributed by atoms with van der Waals surface area (Å²) in [5.41, 5.74) is 10.7. The predicted octanol–water partition coefficient (Wildman–Crippen LogP) is 4.62. The molecule has 5 heteroatoms. The van der Waals surface area contributed by atoms with E-state index in [-0.39, 0.29) is 0 Å². The number of fused-ring (bicyclic) bond motifs is 1. The number of carbonyl (C=O) groups excluding carboxylic acids is 1. The third-order valence-corrected chi connectivity index (χ3v) is 4.82. The summed E-state index contributed by atoms with van der Waals surface area (Å²) in [4.78, 5) is 16.3. The van der Waals surface area contributed by atoms with Gasteiger partial charge in [0, 0.05) is 28.7 Å². The van der Waals surface area contributed by atoms with Gasteiger partial charge in [0.25, 0.3) is 0 Å². The molecular formula is C24H21N3O2. The van der Waals surface area contributed by atoms with Crippen molar-refractivity contribution in [2.75, 3.05) is 12.4 Å². The zero-order valence-corrected chi connectivity index (χ0v) is 16.1. The van der Waals surface area contributed by atoms with Crippen molar-refractivity contribution in [3.05, 3.63) is 90.0 Å². The normalized spacial score (nSPS) is 10.7. The van der Waals surface area contributed by atoms with E-state index in [4.69, 9.17) is 15.5 Å². The van der Waals surface area contributed by atoms with Crippen LogP contribution in [0, 0.1) is 0 Å². The fourth-order valence-corrected chi connectivity index (χ4v) is 3.28. The topological polar surface area (TPSA) is 77.2 Å². The molecule has 0 unspecified atom stereocenters. The molecule has 0 saturated heterocycles. The summed E-state index contributed by atoms with van der Waals surface area (Å²) >= 11 is 0. The Morgan fingerprint density at radius 3 is 2.55 bits per heavy atom. The first-order valence-corrected chi connectivity index (χ1v) is 9.31. The van der Waals surface area contributed by atoms with Crippen LogP contribution in [0.2, 0.25) is 0 Å². The van der Waals surface area contributed by atoms with E-state index in [0.717, 1.165) is 39.2 Å². The number of rotatable bonds is 6. The number of hydrogen-bond acceptors (Lipinski definition) is 4. The summed E-state index contributed by atoms with van der Waals surface area (Å²) in [5.74, 6) is 0.371. The molecular weight excluding hydrogens is 362 g/mol. The monoisotopic (exact) mass is 383 g/mol. The van der Waals surface area contributed by atoms with Gasteiger partial charge in [-0.3, -0.25) is 4.79 Å². The van der Waals surface area contributed by atoms with Gasteiger partial charge in [-0.15, -0.1) is 0 Å². The second-order valence-corrected chi connectivity index (χ2v) is 6.71. The summed E-state index contributed by atoms with van der Waals surface area (Å²) in [6, 6.07) is 25.2. The van der Waals surface area contributed by atoms with Gasteiger partial charge in [-0.05, 0) is 60.2 Å². The van der Waals surface area contributed by atoms with E-state index in [1.54, 1.807) is 19.2 Å². The van der Waals surface area contributed by atoms with Crippen molar-refractivity contribution in [2.45, 2.75) is 6.54 Å². The van der Waals surface area contributed by atoms with Crippen LogP contribution in [0.1, 0.15) is 15.9 Å². The van der Waals surface area contributed by atoms with Crippen molar-refractivity contribution in [3.8, 4) is 17.0 Å². The second kappa shape index (κ2) is 8.02. The van der Waals surface area contributed by atoms with Crippen molar-refractivity contribution in [3.63, 3.8) is 0 Å². The lowest BCUT2D eigenvalue weighted by Gasteiger charge is -2.12. The highest BCUT2D eigenvalue weighted by molar-refractivity contribution is 5.93. The van der Waals surface area contributed by atoms with Crippen LogP contribution in [0.15, 0.2) is 78.9 Å². The van der Waals surface area contributed by atoms with Gasteiger partial charge in [0.15, 0.2) is 0 Å². The molecule has 0 bridgehead atoms. The van der Waals surface area contributed by atoms with E-state index < -0.39 is 5.91 Å². The number of nitrogens with one attached hydrogen (secondary N) is 1. The molecule has 3 N–H and O–H groups in total. The number of methoxy groups -OCH3 is 1. The summed E-state index contributed by atoms with van der Waals surface area (Å²) in [6.07, 6.45) is 0. The molecule has 5 nitrogen and oxygen atoms in total. The first-order chi connectivity index (χ1) is 14.1. The Bertz CT molecular complexity index is 1170. The maximum atomic E-state index is 11.4. The average molecular weight is 383 g/mol. The fraction of sp³-hybridized carbons (Fsp3) is 0.0833. The Labute approximate surface area is 169 Å². The van der Waals surface area contributed by atoms with E-state index >= 15 is 0 Å². The molecule has 29 heavy (non-hydrogen) atoms. The predicted molar refractivity (Wildman–Crippen MR) is 116 cm³/mol. The smallest absolute Gasteiger partial charge is 0.248 e. The molecule has 0 aliphatic carbocycles. The van der Waals surface area contributed by atoms with Gasteiger partial charge in [0.2, 0.25) is 5.91 Å². The molecule has 1 aromatic heterocycles. The summed E-state index contributed by atoms with van der Waals surface area (Å²) < 4.78 is 5.25. The van der Waals surface area contributed by atoms with Crippen molar-refractivity contribution < 1.29 is 9.53 Å². The molecule has 0 aliphatic rings. The van der Waals surface area contributed by atoms with E-state index in [1.807, 2.05) is 54.6 Å². The van der Waals surface area contributed by atoms with E-state index in [1.165, 1.54) is 0 Å². The van der Waals surface area contributed by atoms with Gasteiger partial charge < -0.3 is 15.8 Å². The number of anilines is 1. The van der Waals surface area contributed by atoms with Gasteiger partial charge in [-0.1, -0.05) is 24.3 Å². The molecule has 0 aliphatic heterocycles. The maximum absolute atomic E-state index is 11.4. The molecule has 0 radical (unpaired) electrons. The number of para-hydroxylation sites is 1. The first-order valence-electron chi connectivity index (χ1n) is 9.31. The van der Waals surface area contributed by atoms with Gasteiger partial charge in [0.1, 0.15) is 5.75 Å². The van der Waals surface area contributed by atoms with E-state index in [9.17, 15) is 4.79 Å². The third-order valence-electron chi connectivity index (χ3n) is 4.82. The Morgan fingerprint density at radius 1 is 1.00 bits per heavy atom. The first kappa shape index (κ1) is 18.5. The van der Waals surface area contributed by atoms with Crippen LogP contribution in [0.4, 0.5) is 5.69 Å². The third kappa shape index (κ3) is 4.04. The number of ether oxygens (including phenoxy) is 1. The van der Waals surface area contributed by atoms with Crippen LogP contribution in [0.3, 0.4) is 0 Å². The summed E-state index contributed by atoms with van der Waals surface area (Å²) in [6.45, 7) is 0.592. The molecule has 0 atom stereocenters. The van der Waals surface area contributed by atoms with Crippen LogP contribution in [-0.2, 0) is 6.54 Å². The number of benzene rings is 3. The Kier molecular flexibility index (Phi) is 5.12. The van der Waals surface area contributed by atoms with E-state index in [2.05, 4.69) is 17.4 Å². The molecule has 0 fully saturated rings. The number of amides is 1. The Hall–Kier alpha value is -3.86. The highest BCUT2D eigenvalue weighted by Crippen LogP contribution is 2.27. The lowest BCUT2D eigenvalue weighted by Crippen LogP contribution is -2.11. The van der Waals surface area contributed by atoms with Crippen LogP contribution < -0.4 is 15.8 Å². The standard InChI is InChI=1S/C24H21N3O2/c1-29-20-11-9-16(10-12-20)23-14-18(21-7-2-3-8-22(21)27-23)15-26-19-6-4-5-17(13-19)24(25)28/h2-14,26H,15H2,1H3,(H2,25,28). The van der Waals surface area contributed by atoms with Crippen LogP contribution in [-0.4, -0.2) is 18.0 Å².